The number of benzene rings is 1. The number of nitrogens with one attached hydrogen (secondary N) is 1. The minimum absolute atomic E-state index is 0.341. The second-order valence-electron chi connectivity index (χ2n) is 6.22. The largest absolute Gasteiger partial charge is 0.440 e. The Balaban J connectivity index is 1.81. The first-order chi connectivity index (χ1) is 10.7. The van der Waals surface area contributed by atoms with E-state index in [1.807, 2.05) is 25.1 Å². The van der Waals surface area contributed by atoms with Gasteiger partial charge in [-0.05, 0) is 31.9 Å². The summed E-state index contributed by atoms with van der Waals surface area (Å²) in [7, 11) is 0. The lowest BCUT2D eigenvalue weighted by Crippen LogP contribution is -2.21. The smallest absolute Gasteiger partial charge is 0.347 e. The van der Waals surface area contributed by atoms with Crippen molar-refractivity contribution in [3.63, 3.8) is 0 Å². The van der Waals surface area contributed by atoms with Crippen LogP contribution in [-0.4, -0.2) is 6.04 Å². The molecule has 4 nitrogen and oxygen atoms in total. The van der Waals surface area contributed by atoms with Crippen LogP contribution in [0.2, 0.25) is 0 Å². The first-order valence-electron chi connectivity index (χ1n) is 7.94. The summed E-state index contributed by atoms with van der Waals surface area (Å²) in [6.07, 6.45) is 6.13. The minimum atomic E-state index is -0.341. The molecule has 0 unspecified atom stereocenters. The summed E-state index contributed by atoms with van der Waals surface area (Å²) in [5.74, 6) is 0.670. The van der Waals surface area contributed by atoms with Crippen LogP contribution in [-0.2, 0) is 0 Å². The highest BCUT2D eigenvalue weighted by Gasteiger charge is 2.17. The van der Waals surface area contributed by atoms with Crippen molar-refractivity contribution in [1.82, 2.24) is 0 Å². The first-order valence-corrected chi connectivity index (χ1v) is 7.94. The van der Waals surface area contributed by atoms with Gasteiger partial charge < -0.3 is 14.2 Å². The van der Waals surface area contributed by atoms with Crippen molar-refractivity contribution in [3.8, 4) is 0 Å². The van der Waals surface area contributed by atoms with Crippen molar-refractivity contribution in [1.29, 1.82) is 0 Å². The fourth-order valence-corrected chi connectivity index (χ4v) is 3.33. The van der Waals surface area contributed by atoms with Crippen molar-refractivity contribution < 1.29 is 8.83 Å². The zero-order valence-electron chi connectivity index (χ0n) is 12.6. The van der Waals surface area contributed by atoms with E-state index in [2.05, 4.69) is 5.32 Å². The Labute approximate surface area is 128 Å². The van der Waals surface area contributed by atoms with Gasteiger partial charge in [0.2, 0.25) is 0 Å². The number of anilines is 1. The third-order valence-corrected chi connectivity index (χ3v) is 4.49. The van der Waals surface area contributed by atoms with Gasteiger partial charge >= 0.3 is 5.63 Å². The Morgan fingerprint density at radius 2 is 1.86 bits per heavy atom. The number of fused-ring (bicyclic) bond motifs is 3. The molecule has 1 saturated carbocycles. The van der Waals surface area contributed by atoms with Crippen molar-refractivity contribution in [3.05, 3.63) is 40.2 Å². The molecule has 0 aliphatic heterocycles. The minimum Gasteiger partial charge on any atom is -0.440 e. The van der Waals surface area contributed by atoms with Crippen LogP contribution in [0.15, 0.2) is 37.9 Å². The second-order valence-corrected chi connectivity index (χ2v) is 6.22. The average Bonchev–Trinajstić information content (AvgIpc) is 2.94. The van der Waals surface area contributed by atoms with Crippen molar-refractivity contribution in [2.75, 3.05) is 5.32 Å². The third kappa shape index (κ3) is 2.28. The zero-order chi connectivity index (χ0) is 15.1. The number of rotatable bonds is 2. The molecule has 0 spiro atoms. The molecule has 2 heterocycles. The molecule has 1 aromatic carbocycles. The van der Waals surface area contributed by atoms with Crippen LogP contribution in [0.1, 0.15) is 37.7 Å². The van der Waals surface area contributed by atoms with Gasteiger partial charge in [-0.25, -0.2) is 4.79 Å². The Kier molecular flexibility index (Phi) is 3.17. The quantitative estimate of drug-likeness (QED) is 0.703. The summed E-state index contributed by atoms with van der Waals surface area (Å²) >= 11 is 0. The summed E-state index contributed by atoms with van der Waals surface area (Å²) in [5.41, 5.74) is 1.96. The van der Waals surface area contributed by atoms with Crippen LogP contribution in [0.25, 0.3) is 21.9 Å². The van der Waals surface area contributed by atoms with Crippen LogP contribution < -0.4 is 10.9 Å². The Morgan fingerprint density at radius 1 is 1.05 bits per heavy atom. The number of furan rings is 1. The molecule has 0 saturated heterocycles. The average molecular weight is 297 g/mol. The predicted octanol–water partition coefficient (Wildman–Crippen LogP) is 4.59. The summed E-state index contributed by atoms with van der Waals surface area (Å²) in [6.45, 7) is 2.01. The van der Waals surface area contributed by atoms with Gasteiger partial charge in [-0.15, -0.1) is 0 Å². The van der Waals surface area contributed by atoms with Gasteiger partial charge in [0.1, 0.15) is 11.0 Å². The molecule has 1 fully saturated rings. The highest BCUT2D eigenvalue weighted by Crippen LogP contribution is 2.30. The SMILES string of the molecule is Cc1ccc2oc(=O)c3cc(NC4CCCCC4)oc3c2c1. The van der Waals surface area contributed by atoms with Gasteiger partial charge in [-0.2, -0.15) is 0 Å². The lowest BCUT2D eigenvalue weighted by molar-refractivity contribution is 0.453. The van der Waals surface area contributed by atoms with E-state index in [1.165, 1.54) is 19.3 Å². The number of aryl methyl sites for hydroxylation is 1. The third-order valence-electron chi connectivity index (χ3n) is 4.49. The fraction of sp³-hybridized carbons (Fsp3) is 0.389. The van der Waals surface area contributed by atoms with Gasteiger partial charge in [0.25, 0.3) is 0 Å². The van der Waals surface area contributed by atoms with Gasteiger partial charge in [-0.3, -0.25) is 0 Å². The molecule has 3 aromatic rings. The van der Waals surface area contributed by atoms with Crippen LogP contribution in [0.5, 0.6) is 0 Å². The summed E-state index contributed by atoms with van der Waals surface area (Å²) < 4.78 is 11.3. The molecule has 0 bridgehead atoms. The molecule has 0 amide bonds. The molecular formula is C18H19NO3. The summed E-state index contributed by atoms with van der Waals surface area (Å²) in [6, 6.07) is 7.96. The van der Waals surface area contributed by atoms with E-state index in [4.69, 9.17) is 8.83 Å². The molecule has 22 heavy (non-hydrogen) atoms. The lowest BCUT2D eigenvalue weighted by atomic mass is 9.96. The standard InChI is InChI=1S/C18H19NO3/c1-11-7-8-15-13(9-11)17-14(18(20)21-15)10-16(22-17)19-12-5-3-2-4-6-12/h7-10,12,19H,2-6H2,1H3. The maximum absolute atomic E-state index is 12.1. The van der Waals surface area contributed by atoms with Gasteiger partial charge in [-0.1, -0.05) is 30.9 Å². The van der Waals surface area contributed by atoms with E-state index < -0.39 is 0 Å². The van der Waals surface area contributed by atoms with Gasteiger partial charge in [0, 0.05) is 12.1 Å². The van der Waals surface area contributed by atoms with Crippen molar-refractivity contribution >= 4 is 27.8 Å². The first kappa shape index (κ1) is 13.4. The van der Waals surface area contributed by atoms with E-state index in [9.17, 15) is 4.79 Å². The molecule has 1 aliphatic carbocycles. The second kappa shape index (κ2) is 5.20. The van der Waals surface area contributed by atoms with E-state index in [1.54, 1.807) is 6.07 Å². The summed E-state index contributed by atoms with van der Waals surface area (Å²) in [4.78, 5) is 12.1. The fourth-order valence-electron chi connectivity index (χ4n) is 3.33. The Bertz CT molecular complexity index is 884. The monoisotopic (exact) mass is 297 g/mol. The normalized spacial score (nSPS) is 16.4. The van der Waals surface area contributed by atoms with E-state index in [0.29, 0.717) is 28.5 Å². The maximum Gasteiger partial charge on any atom is 0.347 e. The Morgan fingerprint density at radius 3 is 2.68 bits per heavy atom. The molecule has 1 aliphatic rings. The maximum atomic E-state index is 12.1. The molecular weight excluding hydrogens is 278 g/mol. The Hall–Kier alpha value is -2.23. The molecule has 114 valence electrons. The van der Waals surface area contributed by atoms with Gasteiger partial charge in [0.05, 0.1) is 5.39 Å². The predicted molar refractivity (Wildman–Crippen MR) is 87.5 cm³/mol. The molecule has 2 aromatic heterocycles. The summed E-state index contributed by atoms with van der Waals surface area (Å²) in [5, 5.41) is 4.79. The van der Waals surface area contributed by atoms with E-state index in [-0.39, 0.29) is 5.63 Å². The molecule has 0 radical (unpaired) electrons. The van der Waals surface area contributed by atoms with E-state index in [0.717, 1.165) is 23.8 Å². The van der Waals surface area contributed by atoms with Crippen molar-refractivity contribution in [2.45, 2.75) is 45.1 Å². The van der Waals surface area contributed by atoms with E-state index >= 15 is 0 Å². The number of hydrogen-bond acceptors (Lipinski definition) is 4. The van der Waals surface area contributed by atoms with Crippen LogP contribution in [0.3, 0.4) is 0 Å². The lowest BCUT2D eigenvalue weighted by Gasteiger charge is -2.22. The number of hydrogen-bond donors (Lipinski definition) is 1. The highest BCUT2D eigenvalue weighted by molar-refractivity contribution is 6.01. The molecule has 0 atom stereocenters. The topological polar surface area (TPSA) is 55.4 Å². The van der Waals surface area contributed by atoms with Crippen LogP contribution in [0.4, 0.5) is 5.88 Å². The van der Waals surface area contributed by atoms with Crippen LogP contribution in [0, 0.1) is 6.92 Å². The van der Waals surface area contributed by atoms with Crippen LogP contribution >= 0.6 is 0 Å². The van der Waals surface area contributed by atoms with Crippen molar-refractivity contribution in [2.24, 2.45) is 0 Å². The molecule has 4 rings (SSSR count). The molecule has 4 heteroatoms. The van der Waals surface area contributed by atoms with Gasteiger partial charge in [0.15, 0.2) is 11.5 Å². The highest BCUT2D eigenvalue weighted by atomic mass is 16.4. The molecule has 1 N–H and O–H groups in total. The zero-order valence-corrected chi connectivity index (χ0v) is 12.6.